The molecule has 2 heterocycles. The number of anilines is 1. The Bertz CT molecular complexity index is 1220. The topological polar surface area (TPSA) is 164 Å². The minimum atomic E-state index is -0.869. The molecular weight excluding hydrogens is 460 g/mol. The smallest absolute Gasteiger partial charge is 0.431 e. The maximum Gasteiger partial charge on any atom is 0.514 e. The molecule has 2 N–H and O–H groups in total. The van der Waals surface area contributed by atoms with Crippen LogP contribution >= 0.6 is 0 Å². The van der Waals surface area contributed by atoms with Crippen molar-refractivity contribution >= 4 is 23.6 Å². The van der Waals surface area contributed by atoms with Gasteiger partial charge >= 0.3 is 6.16 Å². The Balaban J connectivity index is 1.28. The van der Waals surface area contributed by atoms with Crippen LogP contribution in [0.1, 0.15) is 47.1 Å². The second-order valence-corrected chi connectivity index (χ2v) is 8.09. The van der Waals surface area contributed by atoms with E-state index in [0.29, 0.717) is 36.7 Å². The van der Waals surface area contributed by atoms with Crippen molar-refractivity contribution in [2.75, 3.05) is 12.4 Å². The summed E-state index contributed by atoms with van der Waals surface area (Å²) in [4.78, 5) is 34.9. The van der Waals surface area contributed by atoms with E-state index in [0.717, 1.165) is 12.1 Å². The van der Waals surface area contributed by atoms with Crippen LogP contribution in [0.4, 0.5) is 16.3 Å². The van der Waals surface area contributed by atoms with E-state index in [2.05, 4.69) is 20.6 Å². The lowest BCUT2D eigenvalue weighted by molar-refractivity contribution is -0.384. The van der Waals surface area contributed by atoms with E-state index in [1.165, 1.54) is 28.9 Å². The molecule has 35 heavy (non-hydrogen) atoms. The van der Waals surface area contributed by atoms with Crippen LogP contribution in [0.5, 0.6) is 5.75 Å². The van der Waals surface area contributed by atoms with Crippen LogP contribution in [-0.2, 0) is 23.1 Å². The lowest BCUT2D eigenvalue weighted by Crippen LogP contribution is -2.18. The van der Waals surface area contributed by atoms with Crippen molar-refractivity contribution in [1.82, 2.24) is 20.0 Å². The molecule has 3 aromatic rings. The molecule has 2 atom stereocenters. The number of nitrogens with zero attached hydrogens (tertiary/aromatic N) is 4. The third-order valence-corrected chi connectivity index (χ3v) is 5.63. The van der Waals surface area contributed by atoms with Crippen molar-refractivity contribution in [2.45, 2.75) is 37.9 Å². The van der Waals surface area contributed by atoms with Gasteiger partial charge in [-0.15, -0.1) is 0 Å². The van der Waals surface area contributed by atoms with Gasteiger partial charge in [0.25, 0.3) is 11.6 Å². The molecule has 0 unspecified atom stereocenters. The average Bonchev–Trinajstić information content (AvgIpc) is 3.54. The van der Waals surface area contributed by atoms with Crippen LogP contribution < -0.4 is 10.1 Å². The number of nitro groups is 1. The summed E-state index contributed by atoms with van der Waals surface area (Å²) >= 11 is 0. The number of H-pyrrole nitrogens is 1. The molecule has 0 bridgehead atoms. The van der Waals surface area contributed by atoms with Crippen molar-refractivity contribution in [3.8, 4) is 5.75 Å². The van der Waals surface area contributed by atoms with E-state index in [-0.39, 0.29) is 29.4 Å². The second-order valence-electron chi connectivity index (χ2n) is 8.09. The van der Waals surface area contributed by atoms with Crippen LogP contribution in [0.25, 0.3) is 0 Å². The highest BCUT2D eigenvalue weighted by atomic mass is 16.7. The van der Waals surface area contributed by atoms with Gasteiger partial charge in [0.1, 0.15) is 17.5 Å². The molecule has 0 saturated heterocycles. The van der Waals surface area contributed by atoms with E-state index in [4.69, 9.17) is 14.2 Å². The molecule has 1 amide bonds. The molecule has 0 radical (unpaired) electrons. The number of ether oxygens (including phenoxy) is 3. The van der Waals surface area contributed by atoms with Crippen LogP contribution in [0.2, 0.25) is 0 Å². The number of methoxy groups -OCH3 is 1. The first-order valence-corrected chi connectivity index (χ1v) is 10.8. The molecule has 0 spiro atoms. The van der Waals surface area contributed by atoms with Gasteiger partial charge in [-0.05, 0) is 37.5 Å². The van der Waals surface area contributed by atoms with Gasteiger partial charge in [0.05, 0.1) is 17.2 Å². The molecule has 184 valence electrons. The van der Waals surface area contributed by atoms with Crippen LogP contribution in [0, 0.1) is 10.1 Å². The third kappa shape index (κ3) is 5.81. The lowest BCUT2D eigenvalue weighted by Gasteiger charge is -2.12. The minimum Gasteiger partial charge on any atom is -0.431 e. The minimum absolute atomic E-state index is 0.0651. The molecular formula is C22H24N6O7. The number of non-ortho nitro benzene ring substituents is 1. The molecule has 0 aliphatic heterocycles. The molecule has 13 heteroatoms. The van der Waals surface area contributed by atoms with Gasteiger partial charge in [-0.1, -0.05) is 0 Å². The summed E-state index contributed by atoms with van der Waals surface area (Å²) in [6.45, 7) is 0.306. The first-order chi connectivity index (χ1) is 16.8. The fourth-order valence-electron chi connectivity index (χ4n) is 3.97. The number of nitro benzene ring substituents is 1. The summed E-state index contributed by atoms with van der Waals surface area (Å²) in [5.41, 5.74) is 1.74. The predicted molar refractivity (Wildman–Crippen MR) is 121 cm³/mol. The molecule has 1 aromatic carbocycles. The van der Waals surface area contributed by atoms with Gasteiger partial charge in [-0.3, -0.25) is 24.7 Å². The molecule has 2 aromatic heterocycles. The van der Waals surface area contributed by atoms with Gasteiger partial charge in [0.2, 0.25) is 0 Å². The maximum atomic E-state index is 12.6. The molecule has 1 saturated carbocycles. The van der Waals surface area contributed by atoms with E-state index < -0.39 is 11.1 Å². The van der Waals surface area contributed by atoms with Gasteiger partial charge < -0.3 is 19.5 Å². The standard InChI is InChI=1S/C22H24N6O7/c1-27-19(10-14(26-27)12-33-2)21(29)23-20-11-18(24-25-20)13-3-6-17(9-13)35-22(30)34-16-7-4-15(5-8-16)28(31)32/h4-5,7-8,10-11,13,17H,3,6,9,12H2,1-2H3,(H2,23,24,25,29)/t13-,17+/m0/s1. The second kappa shape index (κ2) is 10.3. The molecule has 1 fully saturated rings. The number of benzene rings is 1. The van der Waals surface area contributed by atoms with Crippen LogP contribution in [0.15, 0.2) is 36.4 Å². The summed E-state index contributed by atoms with van der Waals surface area (Å²) in [6.07, 6.45) is 0.741. The van der Waals surface area contributed by atoms with Crippen molar-refractivity contribution in [1.29, 1.82) is 0 Å². The highest BCUT2D eigenvalue weighted by molar-refractivity contribution is 6.02. The van der Waals surface area contributed by atoms with Crippen molar-refractivity contribution in [3.63, 3.8) is 0 Å². The van der Waals surface area contributed by atoms with Gasteiger partial charge in [-0.25, -0.2) is 4.79 Å². The SMILES string of the molecule is COCc1cc(C(=O)Nc2cc([C@H]3CC[C@@H](OC(=O)Oc4ccc([N+](=O)[O-])cc4)C3)[nH]n2)n(C)n1. The van der Waals surface area contributed by atoms with E-state index in [9.17, 15) is 19.7 Å². The van der Waals surface area contributed by atoms with E-state index in [1.54, 1.807) is 26.3 Å². The largest absolute Gasteiger partial charge is 0.514 e. The molecule has 1 aliphatic carbocycles. The number of hydrogen-bond donors (Lipinski definition) is 2. The zero-order valence-corrected chi connectivity index (χ0v) is 19.1. The number of hydrogen-bond acceptors (Lipinski definition) is 9. The summed E-state index contributed by atoms with van der Waals surface area (Å²) in [6, 6.07) is 8.57. The monoisotopic (exact) mass is 484 g/mol. The van der Waals surface area contributed by atoms with E-state index in [1.807, 2.05) is 0 Å². The summed E-state index contributed by atoms with van der Waals surface area (Å²) in [5.74, 6) is 0.255. The number of carbonyl (C=O) groups excluding carboxylic acids is 2. The van der Waals surface area contributed by atoms with Crippen molar-refractivity contribution in [3.05, 3.63) is 63.6 Å². The first kappa shape index (κ1) is 23.9. The summed E-state index contributed by atoms with van der Waals surface area (Å²) in [7, 11) is 3.23. The van der Waals surface area contributed by atoms with E-state index >= 15 is 0 Å². The Kier molecular flexibility index (Phi) is 7.06. The van der Waals surface area contributed by atoms with Crippen LogP contribution in [-0.4, -0.2) is 50.2 Å². The zero-order chi connectivity index (χ0) is 24.9. The number of aryl methyl sites for hydroxylation is 1. The Hall–Kier alpha value is -4.26. The first-order valence-electron chi connectivity index (χ1n) is 10.8. The fourth-order valence-corrected chi connectivity index (χ4v) is 3.97. The van der Waals surface area contributed by atoms with Crippen molar-refractivity contribution in [2.24, 2.45) is 7.05 Å². The van der Waals surface area contributed by atoms with Crippen molar-refractivity contribution < 1.29 is 28.7 Å². The number of carbonyl (C=O) groups is 2. The number of aromatic amines is 1. The third-order valence-electron chi connectivity index (χ3n) is 5.63. The predicted octanol–water partition coefficient (Wildman–Crippen LogP) is 3.30. The number of amides is 1. The normalized spacial score (nSPS) is 17.2. The summed E-state index contributed by atoms with van der Waals surface area (Å²) < 4.78 is 17.0. The average molecular weight is 484 g/mol. The highest BCUT2D eigenvalue weighted by Crippen LogP contribution is 2.36. The number of aromatic nitrogens is 4. The highest BCUT2D eigenvalue weighted by Gasteiger charge is 2.30. The summed E-state index contributed by atoms with van der Waals surface area (Å²) in [5, 5.41) is 24.8. The maximum absolute atomic E-state index is 12.6. The molecule has 13 nitrogen and oxygen atoms in total. The Morgan fingerprint density at radius 3 is 2.74 bits per heavy atom. The quantitative estimate of drug-likeness (QED) is 0.211. The van der Waals surface area contributed by atoms with Gasteiger partial charge in [0.15, 0.2) is 5.82 Å². The molecule has 1 aliphatic rings. The Morgan fingerprint density at radius 2 is 2.03 bits per heavy atom. The van der Waals surface area contributed by atoms with Gasteiger partial charge in [-0.2, -0.15) is 10.2 Å². The fraction of sp³-hybridized carbons (Fsp3) is 0.364. The zero-order valence-electron chi connectivity index (χ0n) is 19.1. The molecule has 4 rings (SSSR count). The Morgan fingerprint density at radius 1 is 1.26 bits per heavy atom. The van der Waals surface area contributed by atoms with Crippen LogP contribution in [0.3, 0.4) is 0 Å². The number of rotatable bonds is 8. The van der Waals surface area contributed by atoms with Gasteiger partial charge in [0, 0.05) is 44.0 Å². The lowest BCUT2D eigenvalue weighted by atomic mass is 10.0. The Labute approximate surface area is 199 Å². The number of nitrogens with one attached hydrogen (secondary N) is 2.